The van der Waals surface area contributed by atoms with Gasteiger partial charge in [0.05, 0.1) is 23.3 Å². The van der Waals surface area contributed by atoms with Crippen LogP contribution in [0.1, 0.15) is 22.2 Å². The molecule has 0 unspecified atom stereocenters. The number of carbonyl (C=O) groups is 2. The molecule has 0 atom stereocenters. The van der Waals surface area contributed by atoms with Crippen molar-refractivity contribution in [2.75, 3.05) is 17.1 Å². The van der Waals surface area contributed by atoms with E-state index in [9.17, 15) is 18.0 Å². The molecule has 130 valence electrons. The average molecular weight is 379 g/mol. The Bertz CT molecular complexity index is 956. The number of amides is 1. The maximum atomic E-state index is 12.5. The summed E-state index contributed by atoms with van der Waals surface area (Å²) in [5, 5.41) is 13.0. The van der Waals surface area contributed by atoms with E-state index in [-0.39, 0.29) is 26.9 Å². The Morgan fingerprint density at radius 1 is 1.24 bits per heavy atom. The minimum atomic E-state index is -4.04. The fraction of sp³-hybridized carbons (Fsp3) is 0.133. The van der Waals surface area contributed by atoms with Gasteiger partial charge in [0.15, 0.2) is 0 Å². The summed E-state index contributed by atoms with van der Waals surface area (Å²) in [5.74, 6) is -1.03. The molecule has 1 aromatic heterocycles. The number of thiophene rings is 1. The van der Waals surface area contributed by atoms with Gasteiger partial charge in [-0.1, -0.05) is 0 Å². The van der Waals surface area contributed by atoms with Crippen molar-refractivity contribution >= 4 is 44.6 Å². The van der Waals surface area contributed by atoms with Crippen LogP contribution in [0.4, 0.5) is 11.4 Å². The average Bonchev–Trinajstić information content (AvgIpc) is 2.96. The van der Waals surface area contributed by atoms with Crippen molar-refractivity contribution in [3.05, 3.63) is 40.1 Å². The number of carbonyl (C=O) groups excluding carboxylic acids is 2. The predicted octanol–water partition coefficient (Wildman–Crippen LogP) is 2.17. The van der Waals surface area contributed by atoms with E-state index >= 15 is 0 Å². The molecule has 2 aromatic rings. The first-order valence-electron chi connectivity index (χ1n) is 6.79. The van der Waals surface area contributed by atoms with Gasteiger partial charge < -0.3 is 10.1 Å². The highest BCUT2D eigenvalue weighted by Crippen LogP contribution is 2.30. The van der Waals surface area contributed by atoms with Gasteiger partial charge in [0, 0.05) is 18.0 Å². The molecule has 0 saturated carbocycles. The molecule has 0 aliphatic rings. The van der Waals surface area contributed by atoms with Crippen molar-refractivity contribution < 1.29 is 22.7 Å². The molecular formula is C15H13N3O5S2. The van der Waals surface area contributed by atoms with Gasteiger partial charge in [-0.25, -0.2) is 13.2 Å². The highest BCUT2D eigenvalue weighted by atomic mass is 32.2. The van der Waals surface area contributed by atoms with E-state index in [1.807, 2.05) is 6.07 Å². The molecule has 0 aliphatic heterocycles. The fourth-order valence-electron chi connectivity index (χ4n) is 1.90. The quantitative estimate of drug-likeness (QED) is 0.767. The number of nitrogens with one attached hydrogen (secondary N) is 2. The van der Waals surface area contributed by atoms with Crippen molar-refractivity contribution in [1.29, 1.82) is 5.26 Å². The third kappa shape index (κ3) is 4.14. The maximum absolute atomic E-state index is 12.5. The highest BCUT2D eigenvalue weighted by Gasteiger charge is 2.24. The minimum absolute atomic E-state index is 0.0162. The van der Waals surface area contributed by atoms with Crippen LogP contribution in [0.5, 0.6) is 0 Å². The van der Waals surface area contributed by atoms with E-state index < -0.39 is 16.0 Å². The Labute approximate surface area is 148 Å². The lowest BCUT2D eigenvalue weighted by Gasteiger charge is -2.10. The first-order chi connectivity index (χ1) is 11.8. The van der Waals surface area contributed by atoms with E-state index in [4.69, 9.17) is 5.26 Å². The molecule has 2 N–H and O–H groups in total. The van der Waals surface area contributed by atoms with E-state index in [2.05, 4.69) is 14.8 Å². The molecular weight excluding hydrogens is 366 g/mol. The number of sulfonamides is 1. The predicted molar refractivity (Wildman–Crippen MR) is 91.9 cm³/mol. The lowest BCUT2D eigenvalue weighted by Crippen LogP contribution is -2.16. The molecule has 8 nitrogen and oxygen atoms in total. The second-order valence-electron chi connectivity index (χ2n) is 4.77. The standard InChI is InChI=1S/C15H13N3O5S2/c1-9(19)17-11-3-5-12(6-4-11)25(21,22)18-13-10(7-16)8-24-14(13)15(20)23-2/h3-6,8,18H,1-2H3,(H,17,19). The number of hydrogen-bond donors (Lipinski definition) is 2. The summed E-state index contributed by atoms with van der Waals surface area (Å²) < 4.78 is 31.9. The van der Waals surface area contributed by atoms with Crippen molar-refractivity contribution in [1.82, 2.24) is 0 Å². The van der Waals surface area contributed by atoms with Crippen LogP contribution in [0, 0.1) is 11.3 Å². The molecule has 0 spiro atoms. The van der Waals surface area contributed by atoms with Gasteiger partial charge in [-0.3, -0.25) is 9.52 Å². The molecule has 25 heavy (non-hydrogen) atoms. The van der Waals surface area contributed by atoms with Crippen LogP contribution in [0.25, 0.3) is 0 Å². The van der Waals surface area contributed by atoms with Gasteiger partial charge in [0.25, 0.3) is 10.0 Å². The van der Waals surface area contributed by atoms with Gasteiger partial charge in [-0.2, -0.15) is 5.26 Å². The zero-order valence-corrected chi connectivity index (χ0v) is 14.8. The minimum Gasteiger partial charge on any atom is -0.465 e. The normalized spacial score (nSPS) is 10.6. The molecule has 1 amide bonds. The summed E-state index contributed by atoms with van der Waals surface area (Å²) in [4.78, 5) is 22.6. The first kappa shape index (κ1) is 18.4. The molecule has 0 aliphatic carbocycles. The molecule has 1 aromatic carbocycles. The summed E-state index contributed by atoms with van der Waals surface area (Å²) in [6.07, 6.45) is 0. The second-order valence-corrected chi connectivity index (χ2v) is 7.33. The Hall–Kier alpha value is -2.90. The van der Waals surface area contributed by atoms with Crippen LogP contribution in [0.3, 0.4) is 0 Å². The zero-order chi connectivity index (χ0) is 18.6. The molecule has 0 radical (unpaired) electrons. The Balaban J connectivity index is 2.36. The summed E-state index contributed by atoms with van der Waals surface area (Å²) in [5.41, 5.74) is 0.337. The molecule has 0 bridgehead atoms. The summed E-state index contributed by atoms with van der Waals surface area (Å²) >= 11 is 0.907. The number of esters is 1. The molecule has 0 saturated heterocycles. The van der Waals surface area contributed by atoms with Gasteiger partial charge in [0.2, 0.25) is 5.91 Å². The summed E-state index contributed by atoms with van der Waals surface area (Å²) in [6.45, 7) is 1.33. The Morgan fingerprint density at radius 3 is 2.40 bits per heavy atom. The number of benzene rings is 1. The fourth-order valence-corrected chi connectivity index (χ4v) is 3.92. The van der Waals surface area contributed by atoms with Gasteiger partial charge in [0.1, 0.15) is 10.9 Å². The Morgan fingerprint density at radius 2 is 1.88 bits per heavy atom. The Kier molecular flexibility index (Phi) is 5.41. The summed E-state index contributed by atoms with van der Waals surface area (Å²) in [7, 11) is -2.88. The van der Waals surface area contributed by atoms with Crippen molar-refractivity contribution in [3.8, 4) is 6.07 Å². The van der Waals surface area contributed by atoms with E-state index in [0.717, 1.165) is 18.4 Å². The number of methoxy groups -OCH3 is 1. The van der Waals surface area contributed by atoms with Crippen molar-refractivity contribution in [2.45, 2.75) is 11.8 Å². The maximum Gasteiger partial charge on any atom is 0.350 e. The number of nitriles is 1. The third-order valence-electron chi connectivity index (χ3n) is 3.00. The van der Waals surface area contributed by atoms with E-state index in [1.165, 1.54) is 36.6 Å². The van der Waals surface area contributed by atoms with Gasteiger partial charge in [-0.15, -0.1) is 11.3 Å². The van der Waals surface area contributed by atoms with Gasteiger partial charge >= 0.3 is 5.97 Å². The molecule has 10 heteroatoms. The van der Waals surface area contributed by atoms with Crippen molar-refractivity contribution in [3.63, 3.8) is 0 Å². The third-order valence-corrected chi connectivity index (χ3v) is 5.33. The SMILES string of the molecule is COC(=O)c1scc(C#N)c1NS(=O)(=O)c1ccc(NC(C)=O)cc1. The lowest BCUT2D eigenvalue weighted by atomic mass is 10.3. The number of hydrogen-bond acceptors (Lipinski definition) is 7. The van der Waals surface area contributed by atoms with E-state index in [1.54, 1.807) is 0 Å². The lowest BCUT2D eigenvalue weighted by molar-refractivity contribution is -0.114. The zero-order valence-electron chi connectivity index (χ0n) is 13.2. The largest absolute Gasteiger partial charge is 0.465 e. The van der Waals surface area contributed by atoms with Gasteiger partial charge in [-0.05, 0) is 24.3 Å². The second kappa shape index (κ2) is 7.33. The monoisotopic (exact) mass is 379 g/mol. The highest BCUT2D eigenvalue weighted by molar-refractivity contribution is 7.92. The molecule has 1 heterocycles. The van der Waals surface area contributed by atoms with Crippen LogP contribution in [-0.2, 0) is 19.6 Å². The summed E-state index contributed by atoms with van der Waals surface area (Å²) in [6, 6.07) is 7.27. The number of anilines is 2. The number of nitrogens with zero attached hydrogens (tertiary/aromatic N) is 1. The number of ether oxygens (including phenoxy) is 1. The first-order valence-corrected chi connectivity index (χ1v) is 9.15. The van der Waals surface area contributed by atoms with Crippen LogP contribution >= 0.6 is 11.3 Å². The van der Waals surface area contributed by atoms with Crippen LogP contribution in [0.15, 0.2) is 34.5 Å². The molecule has 2 rings (SSSR count). The number of rotatable bonds is 5. The van der Waals surface area contributed by atoms with Crippen LogP contribution < -0.4 is 10.0 Å². The smallest absolute Gasteiger partial charge is 0.350 e. The van der Waals surface area contributed by atoms with Crippen LogP contribution in [0.2, 0.25) is 0 Å². The molecule has 0 fully saturated rings. The van der Waals surface area contributed by atoms with Crippen molar-refractivity contribution in [2.24, 2.45) is 0 Å². The van der Waals surface area contributed by atoms with E-state index in [0.29, 0.717) is 5.69 Å². The topological polar surface area (TPSA) is 125 Å². The van der Waals surface area contributed by atoms with Crippen LogP contribution in [-0.4, -0.2) is 27.4 Å².